The number of nitriles is 1. The Morgan fingerprint density at radius 3 is 2.58 bits per heavy atom. The number of ether oxygens (including phenoxy) is 1. The maximum atomic E-state index is 9.43. The third kappa shape index (κ3) is 4.78. The fourth-order valence-electron chi connectivity index (χ4n) is 3.04. The lowest BCUT2D eigenvalue weighted by Gasteiger charge is -2.26. The van der Waals surface area contributed by atoms with Gasteiger partial charge in [0.15, 0.2) is 0 Å². The van der Waals surface area contributed by atoms with Gasteiger partial charge in [-0.15, -0.1) is 0 Å². The second-order valence-electron chi connectivity index (χ2n) is 6.30. The summed E-state index contributed by atoms with van der Waals surface area (Å²) >= 11 is 0. The molecule has 0 amide bonds. The molecule has 0 aromatic heterocycles. The maximum Gasteiger partial charge on any atom is 0.106 e. The highest BCUT2D eigenvalue weighted by Crippen LogP contribution is 2.27. The second-order valence-corrected chi connectivity index (χ2v) is 6.30. The summed E-state index contributed by atoms with van der Waals surface area (Å²) in [6, 6.07) is 3.10. The van der Waals surface area contributed by atoms with Gasteiger partial charge in [0.25, 0.3) is 0 Å². The highest BCUT2D eigenvalue weighted by atomic mass is 16.5. The van der Waals surface area contributed by atoms with Crippen molar-refractivity contribution in [3.8, 4) is 6.07 Å². The molecule has 2 aliphatic rings. The van der Waals surface area contributed by atoms with Crippen LogP contribution in [0.2, 0.25) is 0 Å². The zero-order chi connectivity index (χ0) is 13.6. The average molecular weight is 264 g/mol. The van der Waals surface area contributed by atoms with Gasteiger partial charge in [0.2, 0.25) is 0 Å². The van der Waals surface area contributed by atoms with Crippen LogP contribution < -0.4 is 5.32 Å². The Morgan fingerprint density at radius 2 is 2.00 bits per heavy atom. The lowest BCUT2D eigenvalue weighted by atomic mass is 9.92. The molecule has 0 heterocycles. The SMILES string of the molecule is CCC(C#N)(CCCOCC1CCCC1)NC1CC1. The predicted octanol–water partition coefficient (Wildman–Crippen LogP) is 3.40. The maximum absolute atomic E-state index is 9.43. The van der Waals surface area contributed by atoms with Crippen molar-refractivity contribution in [3.63, 3.8) is 0 Å². The number of rotatable bonds is 9. The molecular weight excluding hydrogens is 236 g/mol. The molecule has 0 aromatic carbocycles. The van der Waals surface area contributed by atoms with Crippen LogP contribution in [0.15, 0.2) is 0 Å². The Kier molecular flexibility index (Phi) is 5.66. The van der Waals surface area contributed by atoms with E-state index < -0.39 is 0 Å². The summed E-state index contributed by atoms with van der Waals surface area (Å²) in [7, 11) is 0. The van der Waals surface area contributed by atoms with E-state index >= 15 is 0 Å². The second kappa shape index (κ2) is 7.26. The first-order valence-electron chi connectivity index (χ1n) is 8.05. The molecule has 2 fully saturated rings. The summed E-state index contributed by atoms with van der Waals surface area (Å²) in [6.45, 7) is 3.85. The molecule has 0 spiro atoms. The molecule has 2 rings (SSSR count). The molecule has 3 nitrogen and oxygen atoms in total. The van der Waals surface area contributed by atoms with Gasteiger partial charge in [-0.25, -0.2) is 0 Å². The molecule has 3 heteroatoms. The van der Waals surface area contributed by atoms with Crippen molar-refractivity contribution in [3.05, 3.63) is 0 Å². The molecule has 2 saturated carbocycles. The van der Waals surface area contributed by atoms with Gasteiger partial charge in [0.1, 0.15) is 5.54 Å². The standard InChI is InChI=1S/C16H28N2O/c1-2-16(13-17,18-15-8-9-15)10-5-11-19-12-14-6-3-4-7-14/h14-15,18H,2-12H2,1H3. The van der Waals surface area contributed by atoms with E-state index in [2.05, 4.69) is 18.3 Å². The minimum atomic E-state index is -0.308. The van der Waals surface area contributed by atoms with E-state index in [0.717, 1.165) is 38.4 Å². The third-order valence-corrected chi connectivity index (χ3v) is 4.60. The molecule has 0 radical (unpaired) electrons. The van der Waals surface area contributed by atoms with Crippen LogP contribution in [0.25, 0.3) is 0 Å². The molecular formula is C16H28N2O. The van der Waals surface area contributed by atoms with Crippen molar-refractivity contribution < 1.29 is 4.74 Å². The van der Waals surface area contributed by atoms with E-state index in [1.54, 1.807) is 0 Å². The number of nitrogens with one attached hydrogen (secondary N) is 1. The predicted molar refractivity (Wildman–Crippen MR) is 76.8 cm³/mol. The quantitative estimate of drug-likeness (QED) is 0.649. The first-order chi connectivity index (χ1) is 9.28. The summed E-state index contributed by atoms with van der Waals surface area (Å²) in [5.41, 5.74) is -0.308. The fraction of sp³-hybridized carbons (Fsp3) is 0.938. The highest BCUT2D eigenvalue weighted by Gasteiger charge is 2.34. The molecule has 0 aliphatic heterocycles. The van der Waals surface area contributed by atoms with Gasteiger partial charge in [-0.05, 0) is 50.9 Å². The van der Waals surface area contributed by atoms with E-state index in [1.807, 2.05) is 0 Å². The molecule has 19 heavy (non-hydrogen) atoms. The Morgan fingerprint density at radius 1 is 1.26 bits per heavy atom. The summed E-state index contributed by atoms with van der Waals surface area (Å²) in [5.74, 6) is 0.802. The Balaban J connectivity index is 1.60. The Bertz CT molecular complexity index is 302. The van der Waals surface area contributed by atoms with E-state index in [1.165, 1.54) is 38.5 Å². The molecule has 1 unspecified atom stereocenters. The van der Waals surface area contributed by atoms with Gasteiger partial charge in [0.05, 0.1) is 6.07 Å². The van der Waals surface area contributed by atoms with Gasteiger partial charge in [-0.2, -0.15) is 5.26 Å². The average Bonchev–Trinajstić information content (AvgIpc) is 3.09. The molecule has 0 saturated heterocycles. The van der Waals surface area contributed by atoms with Crippen LogP contribution in [0.4, 0.5) is 0 Å². The van der Waals surface area contributed by atoms with E-state index in [-0.39, 0.29) is 5.54 Å². The van der Waals surface area contributed by atoms with Gasteiger partial charge in [-0.3, -0.25) is 5.32 Å². The lowest BCUT2D eigenvalue weighted by Crippen LogP contribution is -2.44. The highest BCUT2D eigenvalue weighted by molar-refractivity contribution is 5.09. The third-order valence-electron chi connectivity index (χ3n) is 4.60. The zero-order valence-corrected chi connectivity index (χ0v) is 12.3. The van der Waals surface area contributed by atoms with Gasteiger partial charge in [-0.1, -0.05) is 19.8 Å². The smallest absolute Gasteiger partial charge is 0.106 e. The van der Waals surface area contributed by atoms with Gasteiger partial charge >= 0.3 is 0 Å². The van der Waals surface area contributed by atoms with Gasteiger partial charge in [0, 0.05) is 19.3 Å². The minimum absolute atomic E-state index is 0.308. The normalized spacial score (nSPS) is 23.2. The number of hydrogen-bond acceptors (Lipinski definition) is 3. The number of hydrogen-bond donors (Lipinski definition) is 1. The van der Waals surface area contributed by atoms with Crippen LogP contribution >= 0.6 is 0 Å². The van der Waals surface area contributed by atoms with Crippen LogP contribution in [0, 0.1) is 17.2 Å². The largest absolute Gasteiger partial charge is 0.381 e. The monoisotopic (exact) mass is 264 g/mol. The van der Waals surface area contributed by atoms with Crippen molar-refractivity contribution >= 4 is 0 Å². The van der Waals surface area contributed by atoms with E-state index in [0.29, 0.717) is 6.04 Å². The Hall–Kier alpha value is -0.590. The van der Waals surface area contributed by atoms with Crippen molar-refractivity contribution in [2.75, 3.05) is 13.2 Å². The molecule has 0 bridgehead atoms. The molecule has 0 aromatic rings. The summed E-state index contributed by atoms with van der Waals surface area (Å²) in [4.78, 5) is 0. The summed E-state index contributed by atoms with van der Waals surface area (Å²) in [5, 5.41) is 12.9. The first kappa shape index (κ1) is 14.8. The molecule has 2 aliphatic carbocycles. The van der Waals surface area contributed by atoms with Crippen LogP contribution in [-0.4, -0.2) is 24.8 Å². The molecule has 1 atom stereocenters. The zero-order valence-electron chi connectivity index (χ0n) is 12.3. The van der Waals surface area contributed by atoms with Crippen molar-refractivity contribution in [2.45, 2.75) is 76.3 Å². The van der Waals surface area contributed by atoms with Crippen LogP contribution in [0.5, 0.6) is 0 Å². The van der Waals surface area contributed by atoms with Crippen LogP contribution in [0.3, 0.4) is 0 Å². The topological polar surface area (TPSA) is 45.0 Å². The van der Waals surface area contributed by atoms with E-state index in [4.69, 9.17) is 4.74 Å². The van der Waals surface area contributed by atoms with E-state index in [9.17, 15) is 5.26 Å². The minimum Gasteiger partial charge on any atom is -0.381 e. The number of nitrogens with zero attached hydrogens (tertiary/aromatic N) is 1. The van der Waals surface area contributed by atoms with Crippen LogP contribution in [-0.2, 0) is 4.74 Å². The summed E-state index contributed by atoms with van der Waals surface area (Å²) in [6.07, 6.45) is 10.7. The van der Waals surface area contributed by atoms with Crippen LogP contribution in [0.1, 0.15) is 64.7 Å². The Labute approximate surface area is 117 Å². The molecule has 108 valence electrons. The van der Waals surface area contributed by atoms with Crippen molar-refractivity contribution in [1.82, 2.24) is 5.32 Å². The van der Waals surface area contributed by atoms with Crippen molar-refractivity contribution in [1.29, 1.82) is 5.26 Å². The first-order valence-corrected chi connectivity index (χ1v) is 8.05. The fourth-order valence-corrected chi connectivity index (χ4v) is 3.04. The lowest BCUT2D eigenvalue weighted by molar-refractivity contribution is 0.0943. The van der Waals surface area contributed by atoms with Crippen molar-refractivity contribution in [2.24, 2.45) is 5.92 Å². The molecule has 1 N–H and O–H groups in total. The van der Waals surface area contributed by atoms with Gasteiger partial charge < -0.3 is 4.74 Å². The summed E-state index contributed by atoms with van der Waals surface area (Å²) < 4.78 is 5.79.